The van der Waals surface area contributed by atoms with Crippen molar-refractivity contribution < 1.29 is 28.5 Å². The molecule has 2 aliphatic heterocycles. The van der Waals surface area contributed by atoms with Crippen molar-refractivity contribution in [3.63, 3.8) is 0 Å². The largest absolute Gasteiger partial charge is 0.486 e. The summed E-state index contributed by atoms with van der Waals surface area (Å²) in [5.74, 6) is 0.511. The summed E-state index contributed by atoms with van der Waals surface area (Å²) < 4.78 is 22.5. The summed E-state index contributed by atoms with van der Waals surface area (Å²) in [6.07, 6.45) is 0.735. The van der Waals surface area contributed by atoms with Crippen molar-refractivity contribution in [3.05, 3.63) is 24.3 Å². The monoisotopic (exact) mass is 346 g/mol. The second kappa shape index (κ2) is 5.13. The van der Waals surface area contributed by atoms with Crippen LogP contribution in [0.5, 0.6) is 11.5 Å². The lowest BCUT2D eigenvalue weighted by Gasteiger charge is -2.35. The summed E-state index contributed by atoms with van der Waals surface area (Å²) in [4.78, 5) is 25.1. The quantitative estimate of drug-likeness (QED) is 0.783. The fourth-order valence-corrected chi connectivity index (χ4v) is 4.13. The Bertz CT molecular complexity index is 741. The lowest BCUT2D eigenvalue weighted by atomic mass is 9.66. The first-order chi connectivity index (χ1) is 11.8. The van der Waals surface area contributed by atoms with Gasteiger partial charge in [-0.2, -0.15) is 0 Å². The molecule has 4 rings (SSSR count). The summed E-state index contributed by atoms with van der Waals surface area (Å²) in [5, 5.41) is 0. The van der Waals surface area contributed by atoms with Gasteiger partial charge in [-0.3, -0.25) is 4.79 Å². The normalized spacial score (nSPS) is 34.5. The highest BCUT2D eigenvalue weighted by atomic mass is 16.6. The van der Waals surface area contributed by atoms with Gasteiger partial charge in [0.15, 0.2) is 17.6 Å². The number of para-hydroxylation sites is 2. The van der Waals surface area contributed by atoms with Crippen LogP contribution in [0.25, 0.3) is 0 Å². The molecule has 134 valence electrons. The highest BCUT2D eigenvalue weighted by Crippen LogP contribution is 2.65. The number of esters is 2. The molecule has 1 saturated heterocycles. The molecular weight excluding hydrogens is 324 g/mol. The van der Waals surface area contributed by atoms with Gasteiger partial charge in [0, 0.05) is 5.41 Å². The fraction of sp³-hybridized carbons (Fsp3) is 0.579. The molecule has 0 spiro atoms. The van der Waals surface area contributed by atoms with Crippen LogP contribution in [0.15, 0.2) is 24.3 Å². The maximum atomic E-state index is 12.8. The minimum absolute atomic E-state index is 0.0548. The summed E-state index contributed by atoms with van der Waals surface area (Å²) in [6, 6.07) is 7.37. The predicted octanol–water partition coefficient (Wildman–Crippen LogP) is 2.49. The molecule has 6 heteroatoms. The van der Waals surface area contributed by atoms with Crippen molar-refractivity contribution in [3.8, 4) is 11.5 Å². The van der Waals surface area contributed by atoms with Gasteiger partial charge < -0.3 is 18.9 Å². The molecule has 3 unspecified atom stereocenters. The summed E-state index contributed by atoms with van der Waals surface area (Å²) in [7, 11) is 0. The predicted molar refractivity (Wildman–Crippen MR) is 87.3 cm³/mol. The van der Waals surface area contributed by atoms with Crippen molar-refractivity contribution in [1.29, 1.82) is 0 Å². The van der Waals surface area contributed by atoms with Crippen LogP contribution in [-0.4, -0.2) is 36.9 Å². The van der Waals surface area contributed by atoms with E-state index >= 15 is 0 Å². The Morgan fingerprint density at radius 3 is 2.56 bits per heavy atom. The number of ether oxygens (including phenoxy) is 4. The Balaban J connectivity index is 1.45. The molecular formula is C19H22O6. The Morgan fingerprint density at radius 1 is 1.20 bits per heavy atom. The molecule has 2 fully saturated rings. The second-order valence-electron chi connectivity index (χ2n) is 7.77. The van der Waals surface area contributed by atoms with Crippen LogP contribution in [0.2, 0.25) is 0 Å². The highest BCUT2D eigenvalue weighted by molar-refractivity contribution is 5.93. The topological polar surface area (TPSA) is 71.1 Å². The van der Waals surface area contributed by atoms with Gasteiger partial charge in [-0.05, 0) is 31.9 Å². The van der Waals surface area contributed by atoms with Gasteiger partial charge in [-0.1, -0.05) is 26.0 Å². The Kier molecular flexibility index (Phi) is 3.33. The van der Waals surface area contributed by atoms with Crippen LogP contribution in [-0.2, 0) is 19.1 Å². The first-order valence-corrected chi connectivity index (χ1v) is 8.59. The zero-order valence-electron chi connectivity index (χ0n) is 14.7. The third kappa shape index (κ3) is 2.03. The van der Waals surface area contributed by atoms with E-state index in [0.29, 0.717) is 30.9 Å². The molecule has 3 aliphatic rings. The van der Waals surface area contributed by atoms with E-state index in [1.807, 2.05) is 45.0 Å². The Morgan fingerprint density at radius 2 is 1.92 bits per heavy atom. The number of hydrogen-bond acceptors (Lipinski definition) is 6. The summed E-state index contributed by atoms with van der Waals surface area (Å²) in [6.45, 7) is 6.04. The van der Waals surface area contributed by atoms with Crippen LogP contribution in [0.4, 0.5) is 0 Å². The zero-order valence-corrected chi connectivity index (χ0v) is 14.7. The molecule has 2 heterocycles. The van der Waals surface area contributed by atoms with E-state index in [-0.39, 0.29) is 18.7 Å². The first-order valence-electron chi connectivity index (χ1n) is 8.59. The van der Waals surface area contributed by atoms with E-state index in [9.17, 15) is 9.59 Å². The number of rotatable bonds is 3. The number of benzene rings is 1. The SMILES string of the molecule is CC12CCC(C(=O)OCC3COc4ccccc4O3)(OC1=O)C2(C)C. The minimum atomic E-state index is -1.20. The van der Waals surface area contributed by atoms with Crippen molar-refractivity contribution in [2.45, 2.75) is 45.3 Å². The molecule has 0 radical (unpaired) electrons. The smallest absolute Gasteiger partial charge is 0.351 e. The van der Waals surface area contributed by atoms with Gasteiger partial charge in [-0.15, -0.1) is 0 Å². The molecule has 1 aliphatic carbocycles. The summed E-state index contributed by atoms with van der Waals surface area (Å²) >= 11 is 0. The van der Waals surface area contributed by atoms with E-state index in [4.69, 9.17) is 18.9 Å². The lowest BCUT2D eigenvalue weighted by Crippen LogP contribution is -2.50. The van der Waals surface area contributed by atoms with E-state index < -0.39 is 22.4 Å². The van der Waals surface area contributed by atoms with E-state index in [2.05, 4.69) is 0 Å². The number of carbonyl (C=O) groups excluding carboxylic acids is 2. The Hall–Kier alpha value is -2.24. The molecule has 1 aromatic rings. The average Bonchev–Trinajstić information content (AvgIpc) is 2.90. The van der Waals surface area contributed by atoms with Gasteiger partial charge in [0.2, 0.25) is 5.60 Å². The van der Waals surface area contributed by atoms with E-state index in [1.54, 1.807) is 0 Å². The van der Waals surface area contributed by atoms with Crippen molar-refractivity contribution >= 4 is 11.9 Å². The molecule has 0 amide bonds. The zero-order chi connectivity index (χ0) is 17.9. The van der Waals surface area contributed by atoms with E-state index in [0.717, 1.165) is 0 Å². The molecule has 25 heavy (non-hydrogen) atoms. The van der Waals surface area contributed by atoms with Crippen molar-refractivity contribution in [2.75, 3.05) is 13.2 Å². The van der Waals surface area contributed by atoms with Crippen LogP contribution >= 0.6 is 0 Å². The number of hydrogen-bond donors (Lipinski definition) is 0. The molecule has 2 bridgehead atoms. The number of carbonyl (C=O) groups is 2. The molecule has 1 aromatic carbocycles. The van der Waals surface area contributed by atoms with Crippen LogP contribution in [0.3, 0.4) is 0 Å². The van der Waals surface area contributed by atoms with Gasteiger partial charge >= 0.3 is 11.9 Å². The van der Waals surface area contributed by atoms with Gasteiger partial charge in [-0.25, -0.2) is 4.79 Å². The van der Waals surface area contributed by atoms with Crippen molar-refractivity contribution in [1.82, 2.24) is 0 Å². The maximum Gasteiger partial charge on any atom is 0.351 e. The van der Waals surface area contributed by atoms with Crippen LogP contribution < -0.4 is 9.47 Å². The minimum Gasteiger partial charge on any atom is -0.486 e. The van der Waals surface area contributed by atoms with E-state index in [1.165, 1.54) is 0 Å². The first kappa shape index (κ1) is 16.2. The fourth-order valence-electron chi connectivity index (χ4n) is 4.13. The van der Waals surface area contributed by atoms with Crippen LogP contribution in [0, 0.1) is 10.8 Å². The third-order valence-electron chi connectivity index (χ3n) is 6.38. The second-order valence-corrected chi connectivity index (χ2v) is 7.77. The van der Waals surface area contributed by atoms with Crippen molar-refractivity contribution in [2.24, 2.45) is 10.8 Å². The van der Waals surface area contributed by atoms with Gasteiger partial charge in [0.25, 0.3) is 0 Å². The summed E-state index contributed by atoms with van der Waals surface area (Å²) in [5.41, 5.74) is -2.45. The molecule has 3 atom stereocenters. The van der Waals surface area contributed by atoms with Gasteiger partial charge in [0.05, 0.1) is 5.41 Å². The lowest BCUT2D eigenvalue weighted by molar-refractivity contribution is -0.185. The maximum absolute atomic E-state index is 12.8. The standard InChI is InChI=1S/C19H22O6/c1-17(2)18(3)8-9-19(17,25-15(18)20)16(21)23-11-12-10-22-13-6-4-5-7-14(13)24-12/h4-7,12H,8-11H2,1-3H3. The van der Waals surface area contributed by atoms with Crippen LogP contribution in [0.1, 0.15) is 33.6 Å². The van der Waals surface area contributed by atoms with Gasteiger partial charge in [0.1, 0.15) is 13.2 Å². The Labute approximate surface area is 146 Å². The number of fused-ring (bicyclic) bond motifs is 3. The highest BCUT2D eigenvalue weighted by Gasteiger charge is 2.76. The third-order valence-corrected chi connectivity index (χ3v) is 6.38. The molecule has 0 aromatic heterocycles. The molecule has 1 saturated carbocycles. The average molecular weight is 346 g/mol. The molecule has 6 nitrogen and oxygen atoms in total. The molecule has 0 N–H and O–H groups in total.